The molecule has 0 atom stereocenters. The molecule has 4 aliphatic carbocycles. The summed E-state index contributed by atoms with van der Waals surface area (Å²) in [6.45, 7) is 6.72. The predicted octanol–water partition coefficient (Wildman–Crippen LogP) is 6.94. The molecule has 0 spiro atoms. The van der Waals surface area contributed by atoms with Gasteiger partial charge >= 0.3 is 6.18 Å². The molecule has 1 amide bonds. The van der Waals surface area contributed by atoms with Crippen molar-refractivity contribution < 1.29 is 31.6 Å². The third kappa shape index (κ3) is 4.98. The summed E-state index contributed by atoms with van der Waals surface area (Å²) in [7, 11) is 0. The molecular weight excluding hydrogens is 578 g/mol. The van der Waals surface area contributed by atoms with Gasteiger partial charge < -0.3 is 14.2 Å². The van der Waals surface area contributed by atoms with E-state index >= 15 is 0 Å². The van der Waals surface area contributed by atoms with Crippen LogP contribution in [0.4, 0.5) is 23.2 Å². The number of benzene rings is 1. The van der Waals surface area contributed by atoms with E-state index < -0.39 is 23.3 Å². The lowest BCUT2D eigenvalue weighted by Crippen LogP contribution is -2.65. The number of aromatic nitrogens is 4. The summed E-state index contributed by atoms with van der Waals surface area (Å²) >= 11 is 0. The van der Waals surface area contributed by atoms with Crippen molar-refractivity contribution >= 4 is 11.6 Å². The van der Waals surface area contributed by atoms with Gasteiger partial charge in [-0.3, -0.25) is 4.79 Å². The van der Waals surface area contributed by atoms with Gasteiger partial charge in [0.1, 0.15) is 5.67 Å². The minimum absolute atomic E-state index is 0.0553. The first kappa shape index (κ1) is 29.3. The molecule has 4 saturated carbocycles. The molecule has 2 saturated heterocycles. The van der Waals surface area contributed by atoms with Crippen molar-refractivity contribution in [2.24, 2.45) is 10.8 Å². The van der Waals surface area contributed by atoms with E-state index in [0.717, 1.165) is 18.4 Å². The van der Waals surface area contributed by atoms with Crippen LogP contribution in [0.25, 0.3) is 11.4 Å². The third-order valence-corrected chi connectivity index (χ3v) is 10.1. The Morgan fingerprint density at radius 2 is 1.68 bits per heavy atom. The second kappa shape index (κ2) is 9.55. The first-order valence-corrected chi connectivity index (χ1v) is 15.1. The summed E-state index contributed by atoms with van der Waals surface area (Å²) in [5.41, 5.74) is -0.805. The molecule has 3 aromatic rings. The Kier molecular flexibility index (Phi) is 6.36. The Morgan fingerprint density at radius 3 is 2.23 bits per heavy atom. The van der Waals surface area contributed by atoms with Crippen LogP contribution in [0, 0.1) is 10.8 Å². The zero-order valence-electron chi connectivity index (χ0n) is 25.0. The second-order valence-corrected chi connectivity index (χ2v) is 14.6. The van der Waals surface area contributed by atoms with Crippen molar-refractivity contribution in [2.75, 3.05) is 18.1 Å². The Balaban J connectivity index is 1.13. The molecule has 234 valence electrons. The molecule has 1 aromatic carbocycles. The molecule has 9 rings (SSSR count). The Morgan fingerprint density at radius 1 is 1.00 bits per heavy atom. The Labute approximate surface area is 252 Å². The van der Waals surface area contributed by atoms with Crippen molar-refractivity contribution in [1.82, 2.24) is 20.1 Å². The summed E-state index contributed by atoms with van der Waals surface area (Å²) in [5.74, 6) is -0.284. The number of hydrogen-bond donors (Lipinski definition) is 0. The number of anilines is 1. The fourth-order valence-corrected chi connectivity index (χ4v) is 7.63. The fraction of sp³-hybridized carbons (Fsp3) is 0.594. The largest absolute Gasteiger partial charge is 0.451 e. The van der Waals surface area contributed by atoms with Gasteiger partial charge in [-0.05, 0) is 62.5 Å². The molecule has 0 radical (unpaired) electrons. The summed E-state index contributed by atoms with van der Waals surface area (Å²) in [6.07, 6.45) is 2.02. The van der Waals surface area contributed by atoms with Gasteiger partial charge in [-0.1, -0.05) is 38.1 Å². The van der Waals surface area contributed by atoms with Crippen LogP contribution in [-0.4, -0.2) is 44.8 Å². The number of ether oxygens (including phenoxy) is 1. The van der Waals surface area contributed by atoms with Gasteiger partial charge in [0.25, 0.3) is 0 Å². The lowest BCUT2D eigenvalue weighted by atomic mass is 9.41. The van der Waals surface area contributed by atoms with Crippen LogP contribution in [0.2, 0.25) is 0 Å². The number of fused-ring (bicyclic) bond motifs is 3. The first-order chi connectivity index (χ1) is 20.6. The summed E-state index contributed by atoms with van der Waals surface area (Å²) in [6, 6.07) is 7.51. The molecule has 6 fully saturated rings. The van der Waals surface area contributed by atoms with E-state index in [1.165, 1.54) is 12.4 Å². The van der Waals surface area contributed by atoms with Crippen molar-refractivity contribution in [3.8, 4) is 11.4 Å². The van der Waals surface area contributed by atoms with Crippen molar-refractivity contribution in [1.29, 1.82) is 0 Å². The van der Waals surface area contributed by atoms with Gasteiger partial charge in [-0.25, -0.2) is 14.4 Å². The van der Waals surface area contributed by atoms with E-state index in [9.17, 15) is 22.4 Å². The fourth-order valence-electron chi connectivity index (χ4n) is 7.63. The minimum atomic E-state index is -4.61. The van der Waals surface area contributed by atoms with Crippen molar-refractivity contribution in [3.05, 3.63) is 53.9 Å². The van der Waals surface area contributed by atoms with Gasteiger partial charge in [-0.2, -0.15) is 18.2 Å². The highest BCUT2D eigenvalue weighted by molar-refractivity contribution is 5.94. The average molecular weight is 614 g/mol. The third-order valence-electron chi connectivity index (χ3n) is 10.1. The molecular formula is C32H35F4N5O3. The monoisotopic (exact) mass is 613 g/mol. The van der Waals surface area contributed by atoms with Crippen LogP contribution >= 0.6 is 0 Å². The van der Waals surface area contributed by atoms with Crippen LogP contribution in [0.1, 0.15) is 89.4 Å². The average Bonchev–Trinajstić information content (AvgIpc) is 3.47. The van der Waals surface area contributed by atoms with Crippen LogP contribution in [0.5, 0.6) is 0 Å². The minimum Gasteiger partial charge on any atom is -0.370 e. The summed E-state index contributed by atoms with van der Waals surface area (Å²) in [5, 5.41) is 4.18. The van der Waals surface area contributed by atoms with Gasteiger partial charge in [0, 0.05) is 53.0 Å². The smallest absolute Gasteiger partial charge is 0.370 e. The number of alkyl halides is 4. The molecule has 0 unspecified atom stereocenters. The Hall–Kier alpha value is -3.41. The number of rotatable bonds is 7. The van der Waals surface area contributed by atoms with E-state index in [0.29, 0.717) is 68.2 Å². The second-order valence-electron chi connectivity index (χ2n) is 14.6. The maximum absolute atomic E-state index is 14.3. The predicted molar refractivity (Wildman–Crippen MR) is 151 cm³/mol. The number of halogens is 4. The van der Waals surface area contributed by atoms with E-state index in [-0.39, 0.29) is 28.6 Å². The van der Waals surface area contributed by atoms with Crippen LogP contribution in [0.3, 0.4) is 0 Å². The van der Waals surface area contributed by atoms with Gasteiger partial charge in [-0.15, -0.1) is 0 Å². The van der Waals surface area contributed by atoms with E-state index in [1.807, 2.05) is 49.9 Å². The van der Waals surface area contributed by atoms with Crippen LogP contribution < -0.4 is 4.90 Å². The quantitative estimate of drug-likeness (QED) is 0.266. The SMILES string of the molecule is CC(C)(C)c1nc(-c2cccc(N(CC34CCC(c5cnc(C(F)(F)F)nc5)(CC3)OC4)C(=O)CC34CC(F)(C3)C4)c2)no1. The number of amides is 1. The molecule has 4 bridgehead atoms. The van der Waals surface area contributed by atoms with Gasteiger partial charge in [0.05, 0.1) is 12.2 Å². The van der Waals surface area contributed by atoms with Crippen LogP contribution in [-0.2, 0) is 26.7 Å². The zero-order chi connectivity index (χ0) is 31.2. The van der Waals surface area contributed by atoms with E-state index in [4.69, 9.17) is 9.26 Å². The molecule has 12 heteroatoms. The molecule has 0 N–H and O–H groups in total. The normalized spacial score (nSPS) is 30.9. The molecule has 44 heavy (non-hydrogen) atoms. The molecule has 4 heterocycles. The first-order valence-electron chi connectivity index (χ1n) is 15.1. The molecule has 2 aliphatic heterocycles. The van der Waals surface area contributed by atoms with Gasteiger partial charge in [0.2, 0.25) is 23.4 Å². The molecule has 8 nitrogen and oxygen atoms in total. The maximum atomic E-state index is 14.3. The topological polar surface area (TPSA) is 94.2 Å². The molecule has 2 aromatic heterocycles. The zero-order valence-corrected chi connectivity index (χ0v) is 25.0. The van der Waals surface area contributed by atoms with E-state index in [1.54, 1.807) is 0 Å². The summed E-state index contributed by atoms with van der Waals surface area (Å²) < 4.78 is 65.3. The van der Waals surface area contributed by atoms with Gasteiger partial charge in [0.15, 0.2) is 0 Å². The maximum Gasteiger partial charge on any atom is 0.451 e. The highest BCUT2D eigenvalue weighted by atomic mass is 19.4. The lowest BCUT2D eigenvalue weighted by Gasteiger charge is -2.66. The Bertz CT molecular complexity index is 1550. The lowest BCUT2D eigenvalue weighted by molar-refractivity contribution is -0.215. The molecule has 6 aliphatic rings. The van der Waals surface area contributed by atoms with Crippen molar-refractivity contribution in [3.63, 3.8) is 0 Å². The standard InChI is InChI=1S/C32H35F4N5O3/c1-27(2,3)26-39-24(40-44-26)20-5-4-6-22(11-20)41(23(42)12-29-15-30(33,16-29)17-29)18-28-7-9-31(10-8-28,43-19-28)21-13-37-25(38-14-21)32(34,35)36/h4-6,11,13-14H,7-10,12,15-19H2,1-3H3. The number of nitrogens with zero attached hydrogens (tertiary/aromatic N) is 5. The number of hydrogen-bond acceptors (Lipinski definition) is 7. The number of carbonyl (C=O) groups is 1. The highest BCUT2D eigenvalue weighted by Gasteiger charge is 2.69. The number of carbonyl (C=O) groups excluding carboxylic acids is 1. The summed E-state index contributed by atoms with van der Waals surface area (Å²) in [4.78, 5) is 27.5. The van der Waals surface area contributed by atoms with E-state index in [2.05, 4.69) is 20.1 Å². The van der Waals surface area contributed by atoms with Crippen LogP contribution in [0.15, 0.2) is 41.2 Å². The van der Waals surface area contributed by atoms with Crippen molar-refractivity contribution in [2.45, 2.75) is 95.0 Å². The highest BCUT2D eigenvalue weighted by Crippen LogP contribution is 2.71.